The molecule has 1 N–H and O–H groups in total. The molecule has 1 aliphatic heterocycles. The fraction of sp³-hybridized carbons (Fsp3) is 0.583. The molecule has 1 aromatic heterocycles. The van der Waals surface area contributed by atoms with Crippen LogP contribution in [0.3, 0.4) is 0 Å². The number of methoxy groups -OCH3 is 1. The van der Waals surface area contributed by atoms with Crippen molar-refractivity contribution in [2.24, 2.45) is 5.92 Å². The highest BCUT2D eigenvalue weighted by molar-refractivity contribution is 5.22. The van der Waals surface area contributed by atoms with Gasteiger partial charge in [0.2, 0.25) is 5.88 Å². The molecule has 1 saturated heterocycles. The Hall–Kier alpha value is -1.29. The zero-order valence-corrected chi connectivity index (χ0v) is 9.61. The van der Waals surface area contributed by atoms with Crippen molar-refractivity contribution in [3.05, 3.63) is 18.3 Å². The van der Waals surface area contributed by atoms with Gasteiger partial charge in [-0.25, -0.2) is 4.98 Å². The fourth-order valence-electron chi connectivity index (χ4n) is 1.86. The first-order valence-electron chi connectivity index (χ1n) is 5.72. The summed E-state index contributed by atoms with van der Waals surface area (Å²) in [4.78, 5) is 4.15. The summed E-state index contributed by atoms with van der Waals surface area (Å²) < 4.78 is 10.6. The van der Waals surface area contributed by atoms with Crippen molar-refractivity contribution in [2.45, 2.75) is 12.8 Å². The summed E-state index contributed by atoms with van der Waals surface area (Å²) in [6.07, 6.45) is 4.03. The van der Waals surface area contributed by atoms with E-state index in [-0.39, 0.29) is 0 Å². The molecular formula is C12H18N2O2. The minimum Gasteiger partial charge on any atom is -0.495 e. The lowest BCUT2D eigenvalue weighted by Crippen LogP contribution is -2.11. The van der Waals surface area contributed by atoms with Crippen molar-refractivity contribution in [3.8, 4) is 11.6 Å². The Morgan fingerprint density at radius 2 is 2.44 bits per heavy atom. The van der Waals surface area contributed by atoms with Crippen LogP contribution in [0.4, 0.5) is 0 Å². The van der Waals surface area contributed by atoms with E-state index < -0.39 is 0 Å². The Morgan fingerprint density at radius 3 is 3.06 bits per heavy atom. The zero-order valence-electron chi connectivity index (χ0n) is 9.61. The lowest BCUT2D eigenvalue weighted by molar-refractivity contribution is 0.273. The molecule has 1 fully saturated rings. The molecule has 2 heterocycles. The minimum absolute atomic E-state index is 0.673. The summed E-state index contributed by atoms with van der Waals surface area (Å²) in [7, 11) is 1.63. The van der Waals surface area contributed by atoms with Crippen LogP contribution in [-0.2, 0) is 0 Å². The topological polar surface area (TPSA) is 43.4 Å². The molecule has 1 unspecified atom stereocenters. The monoisotopic (exact) mass is 222 g/mol. The lowest BCUT2D eigenvalue weighted by atomic mass is 10.1. The number of ether oxygens (including phenoxy) is 2. The SMILES string of the molecule is COc1ccc(OCCC2CCNC2)nc1. The number of rotatable bonds is 5. The largest absolute Gasteiger partial charge is 0.495 e. The smallest absolute Gasteiger partial charge is 0.213 e. The second-order valence-electron chi connectivity index (χ2n) is 4.03. The second-order valence-corrected chi connectivity index (χ2v) is 4.03. The predicted octanol–water partition coefficient (Wildman–Crippen LogP) is 1.47. The molecule has 1 atom stereocenters. The zero-order chi connectivity index (χ0) is 11.2. The van der Waals surface area contributed by atoms with Crippen molar-refractivity contribution in [1.29, 1.82) is 0 Å². The van der Waals surface area contributed by atoms with Crippen LogP contribution in [0.2, 0.25) is 0 Å². The maximum Gasteiger partial charge on any atom is 0.213 e. The molecule has 0 aliphatic carbocycles. The number of hydrogen-bond acceptors (Lipinski definition) is 4. The van der Waals surface area contributed by atoms with Crippen molar-refractivity contribution >= 4 is 0 Å². The first-order chi connectivity index (χ1) is 7.88. The van der Waals surface area contributed by atoms with Gasteiger partial charge >= 0.3 is 0 Å². The molecule has 0 aromatic carbocycles. The van der Waals surface area contributed by atoms with Gasteiger partial charge in [-0.2, -0.15) is 0 Å². The Balaban J connectivity index is 1.71. The Morgan fingerprint density at radius 1 is 1.50 bits per heavy atom. The Kier molecular flexibility index (Phi) is 3.99. The van der Waals surface area contributed by atoms with Crippen LogP contribution in [0, 0.1) is 5.92 Å². The van der Waals surface area contributed by atoms with Gasteiger partial charge in [0.25, 0.3) is 0 Å². The van der Waals surface area contributed by atoms with Crippen LogP contribution in [-0.4, -0.2) is 31.8 Å². The van der Waals surface area contributed by atoms with E-state index in [0.717, 1.165) is 37.8 Å². The average molecular weight is 222 g/mol. The first-order valence-corrected chi connectivity index (χ1v) is 5.72. The van der Waals surface area contributed by atoms with Crippen LogP contribution in [0.1, 0.15) is 12.8 Å². The highest BCUT2D eigenvalue weighted by Crippen LogP contribution is 2.15. The average Bonchev–Trinajstić information content (AvgIpc) is 2.83. The summed E-state index contributed by atoms with van der Waals surface area (Å²) in [5, 5.41) is 3.35. The Labute approximate surface area is 96.0 Å². The highest BCUT2D eigenvalue weighted by Gasteiger charge is 2.13. The van der Waals surface area contributed by atoms with Crippen LogP contribution >= 0.6 is 0 Å². The molecule has 0 spiro atoms. The minimum atomic E-state index is 0.673. The van der Waals surface area contributed by atoms with Gasteiger partial charge in [0.05, 0.1) is 19.9 Å². The summed E-state index contributed by atoms with van der Waals surface area (Å²) in [5.74, 6) is 2.19. The molecule has 0 bridgehead atoms. The van der Waals surface area contributed by atoms with E-state index in [1.54, 1.807) is 13.3 Å². The van der Waals surface area contributed by atoms with Gasteiger partial charge in [0.15, 0.2) is 0 Å². The van der Waals surface area contributed by atoms with Crippen molar-refractivity contribution in [1.82, 2.24) is 10.3 Å². The molecule has 1 aromatic rings. The van der Waals surface area contributed by atoms with Gasteiger partial charge in [-0.05, 0) is 37.9 Å². The van der Waals surface area contributed by atoms with Crippen LogP contribution in [0.15, 0.2) is 18.3 Å². The normalized spacial score (nSPS) is 19.7. The van der Waals surface area contributed by atoms with E-state index in [4.69, 9.17) is 9.47 Å². The molecule has 88 valence electrons. The van der Waals surface area contributed by atoms with E-state index in [1.165, 1.54) is 6.42 Å². The second kappa shape index (κ2) is 5.70. The number of hydrogen-bond donors (Lipinski definition) is 1. The molecule has 1 aliphatic rings. The molecule has 2 rings (SSSR count). The fourth-order valence-corrected chi connectivity index (χ4v) is 1.86. The number of pyridine rings is 1. The van der Waals surface area contributed by atoms with Gasteiger partial charge in [-0.15, -0.1) is 0 Å². The van der Waals surface area contributed by atoms with Crippen molar-refractivity contribution < 1.29 is 9.47 Å². The molecule has 0 saturated carbocycles. The van der Waals surface area contributed by atoms with E-state index in [0.29, 0.717) is 5.88 Å². The third-order valence-electron chi connectivity index (χ3n) is 2.88. The predicted molar refractivity (Wildman–Crippen MR) is 61.9 cm³/mol. The van der Waals surface area contributed by atoms with Crippen LogP contribution in [0.5, 0.6) is 11.6 Å². The molecule has 4 heteroatoms. The summed E-state index contributed by atoms with van der Waals surface area (Å²) in [6.45, 7) is 3.01. The standard InChI is InChI=1S/C12H18N2O2/c1-15-11-2-3-12(14-9-11)16-7-5-10-4-6-13-8-10/h2-3,9-10,13H,4-8H2,1H3. The van der Waals surface area contributed by atoms with Gasteiger partial charge in [-0.3, -0.25) is 0 Å². The molecule has 4 nitrogen and oxygen atoms in total. The first kappa shape index (κ1) is 11.2. The van der Waals surface area contributed by atoms with Gasteiger partial charge in [0.1, 0.15) is 5.75 Å². The highest BCUT2D eigenvalue weighted by atomic mass is 16.5. The molecule has 16 heavy (non-hydrogen) atoms. The number of nitrogens with zero attached hydrogens (tertiary/aromatic N) is 1. The van der Waals surface area contributed by atoms with E-state index in [1.807, 2.05) is 12.1 Å². The third-order valence-corrected chi connectivity index (χ3v) is 2.88. The van der Waals surface area contributed by atoms with Gasteiger partial charge in [-0.1, -0.05) is 0 Å². The lowest BCUT2D eigenvalue weighted by Gasteiger charge is -2.09. The summed E-state index contributed by atoms with van der Waals surface area (Å²) in [6, 6.07) is 3.70. The van der Waals surface area contributed by atoms with Gasteiger partial charge in [0, 0.05) is 6.07 Å². The summed E-state index contributed by atoms with van der Waals surface area (Å²) >= 11 is 0. The van der Waals surface area contributed by atoms with Crippen molar-refractivity contribution in [3.63, 3.8) is 0 Å². The molecular weight excluding hydrogens is 204 g/mol. The van der Waals surface area contributed by atoms with E-state index in [2.05, 4.69) is 10.3 Å². The molecule has 0 amide bonds. The number of aromatic nitrogens is 1. The molecule has 0 radical (unpaired) electrons. The third kappa shape index (κ3) is 3.10. The van der Waals surface area contributed by atoms with Gasteiger partial charge < -0.3 is 14.8 Å². The maximum atomic E-state index is 5.57. The van der Waals surface area contributed by atoms with E-state index >= 15 is 0 Å². The Bertz CT molecular complexity index is 307. The quantitative estimate of drug-likeness (QED) is 0.819. The summed E-state index contributed by atoms with van der Waals surface area (Å²) in [5.41, 5.74) is 0. The van der Waals surface area contributed by atoms with Crippen LogP contribution < -0.4 is 14.8 Å². The van der Waals surface area contributed by atoms with Crippen molar-refractivity contribution in [2.75, 3.05) is 26.8 Å². The van der Waals surface area contributed by atoms with Crippen LogP contribution in [0.25, 0.3) is 0 Å². The van der Waals surface area contributed by atoms with E-state index in [9.17, 15) is 0 Å². The maximum absolute atomic E-state index is 5.57. The number of nitrogens with one attached hydrogen (secondary N) is 1.